The van der Waals surface area contributed by atoms with Crippen LogP contribution in [0.1, 0.15) is 19.0 Å². The highest BCUT2D eigenvalue weighted by Crippen LogP contribution is 2.34. The van der Waals surface area contributed by atoms with E-state index in [-0.39, 0.29) is 11.2 Å². The summed E-state index contributed by atoms with van der Waals surface area (Å²) in [5, 5.41) is 5.94. The maximum atomic E-state index is 12.8. The maximum absolute atomic E-state index is 12.8. The predicted molar refractivity (Wildman–Crippen MR) is 125 cm³/mol. The molecule has 0 radical (unpaired) electrons. The third-order valence-electron chi connectivity index (χ3n) is 4.56. The molecule has 30 heavy (non-hydrogen) atoms. The second-order valence-corrected chi connectivity index (χ2v) is 8.85. The molecule has 0 fully saturated rings. The van der Waals surface area contributed by atoms with Crippen molar-refractivity contribution >= 4 is 34.1 Å². The lowest BCUT2D eigenvalue weighted by atomic mass is 10.1. The Labute approximate surface area is 184 Å². The van der Waals surface area contributed by atoms with Crippen LogP contribution in [0.3, 0.4) is 0 Å². The molecule has 4 rings (SSSR count). The highest BCUT2D eigenvalue weighted by molar-refractivity contribution is 8.00. The number of carbonyl (C=O) groups is 1. The van der Waals surface area contributed by atoms with E-state index in [9.17, 15) is 4.79 Å². The number of hydrogen-bond donors (Lipinski definition) is 2. The molecule has 4 aromatic rings. The van der Waals surface area contributed by atoms with E-state index in [4.69, 9.17) is 4.98 Å². The van der Waals surface area contributed by atoms with Gasteiger partial charge in [0.15, 0.2) is 10.3 Å². The number of nitrogens with zero attached hydrogens (tertiary/aromatic N) is 2. The number of benzene rings is 2. The molecule has 2 aromatic carbocycles. The number of aromatic nitrogens is 3. The fraction of sp³-hybridized carbons (Fsp3) is 0.174. The Morgan fingerprint density at radius 3 is 2.33 bits per heavy atom. The number of rotatable bonds is 7. The Balaban J connectivity index is 1.62. The van der Waals surface area contributed by atoms with Gasteiger partial charge in [-0.1, -0.05) is 79.3 Å². The molecule has 0 aliphatic carbocycles. The molecule has 1 unspecified atom stereocenters. The van der Waals surface area contributed by atoms with Crippen LogP contribution in [-0.4, -0.2) is 26.1 Å². The van der Waals surface area contributed by atoms with Gasteiger partial charge in [-0.15, -0.1) is 11.3 Å². The van der Waals surface area contributed by atoms with Gasteiger partial charge in [-0.3, -0.25) is 4.79 Å². The van der Waals surface area contributed by atoms with Crippen molar-refractivity contribution in [2.24, 2.45) is 0 Å². The SMILES string of the molecule is CCC(Sc1nc(-c2ccccc2)c(-c2ccccc2)[nH]1)C(=O)Nc1nc(C)cs1. The summed E-state index contributed by atoms with van der Waals surface area (Å²) in [6.45, 7) is 3.92. The number of amides is 1. The molecule has 1 atom stereocenters. The Hall–Kier alpha value is -2.90. The Morgan fingerprint density at radius 1 is 1.07 bits per heavy atom. The van der Waals surface area contributed by atoms with Crippen LogP contribution >= 0.6 is 23.1 Å². The molecule has 152 valence electrons. The minimum absolute atomic E-state index is 0.0595. The summed E-state index contributed by atoms with van der Waals surface area (Å²) in [5.41, 5.74) is 4.84. The van der Waals surface area contributed by atoms with Crippen LogP contribution < -0.4 is 5.32 Å². The molecular weight excluding hydrogens is 412 g/mol. The smallest absolute Gasteiger partial charge is 0.239 e. The van der Waals surface area contributed by atoms with Gasteiger partial charge in [0.1, 0.15) is 0 Å². The summed E-state index contributed by atoms with van der Waals surface area (Å²) in [4.78, 5) is 25.4. The molecule has 0 aliphatic rings. The summed E-state index contributed by atoms with van der Waals surface area (Å²) in [6.07, 6.45) is 0.683. The van der Waals surface area contributed by atoms with Crippen molar-refractivity contribution in [2.45, 2.75) is 30.7 Å². The number of nitrogens with one attached hydrogen (secondary N) is 2. The van der Waals surface area contributed by atoms with Crippen molar-refractivity contribution in [3.8, 4) is 22.5 Å². The molecule has 2 heterocycles. The summed E-state index contributed by atoms with van der Waals surface area (Å²) in [6, 6.07) is 20.2. The van der Waals surface area contributed by atoms with E-state index >= 15 is 0 Å². The lowest BCUT2D eigenvalue weighted by Crippen LogP contribution is -2.24. The molecule has 0 bridgehead atoms. The summed E-state index contributed by atoms with van der Waals surface area (Å²) in [7, 11) is 0. The van der Waals surface area contributed by atoms with Crippen LogP contribution in [0.5, 0.6) is 0 Å². The van der Waals surface area contributed by atoms with Gasteiger partial charge in [-0.05, 0) is 13.3 Å². The Bertz CT molecular complexity index is 1070. The first kappa shape index (κ1) is 20.4. The van der Waals surface area contributed by atoms with Gasteiger partial charge in [0, 0.05) is 16.5 Å². The first-order valence-electron chi connectivity index (χ1n) is 9.74. The van der Waals surface area contributed by atoms with Gasteiger partial charge in [-0.25, -0.2) is 9.97 Å². The zero-order chi connectivity index (χ0) is 20.9. The summed E-state index contributed by atoms with van der Waals surface area (Å²) >= 11 is 2.88. The van der Waals surface area contributed by atoms with E-state index < -0.39 is 0 Å². The van der Waals surface area contributed by atoms with Crippen LogP contribution in [0.15, 0.2) is 71.2 Å². The van der Waals surface area contributed by atoms with E-state index in [1.165, 1.54) is 23.1 Å². The van der Waals surface area contributed by atoms with Gasteiger partial charge in [0.2, 0.25) is 5.91 Å². The molecule has 0 saturated carbocycles. The zero-order valence-electron chi connectivity index (χ0n) is 16.8. The molecule has 2 N–H and O–H groups in total. The molecular formula is C23H22N4OS2. The van der Waals surface area contributed by atoms with Gasteiger partial charge in [0.05, 0.1) is 22.3 Å². The van der Waals surface area contributed by atoms with E-state index in [2.05, 4.69) is 27.4 Å². The minimum Gasteiger partial charge on any atom is -0.332 e. The van der Waals surface area contributed by atoms with E-state index in [1.54, 1.807) is 0 Å². The highest BCUT2D eigenvalue weighted by atomic mass is 32.2. The average molecular weight is 435 g/mol. The quantitative estimate of drug-likeness (QED) is 0.349. The zero-order valence-corrected chi connectivity index (χ0v) is 18.4. The Morgan fingerprint density at radius 2 is 1.73 bits per heavy atom. The van der Waals surface area contributed by atoms with Crippen LogP contribution in [0, 0.1) is 6.92 Å². The summed E-state index contributed by atoms with van der Waals surface area (Å²) in [5.74, 6) is -0.0595. The fourth-order valence-corrected chi connectivity index (χ4v) is 4.68. The second kappa shape index (κ2) is 9.28. The van der Waals surface area contributed by atoms with Crippen molar-refractivity contribution in [2.75, 3.05) is 5.32 Å². The lowest BCUT2D eigenvalue weighted by molar-refractivity contribution is -0.115. The van der Waals surface area contributed by atoms with Crippen LogP contribution in [0.25, 0.3) is 22.5 Å². The number of aryl methyl sites for hydroxylation is 1. The van der Waals surface area contributed by atoms with E-state index in [0.717, 1.165) is 33.4 Å². The van der Waals surface area contributed by atoms with Crippen LogP contribution in [0.2, 0.25) is 0 Å². The number of thiazole rings is 1. The number of H-pyrrole nitrogens is 1. The molecule has 2 aromatic heterocycles. The molecule has 1 amide bonds. The van der Waals surface area contributed by atoms with Gasteiger partial charge in [0.25, 0.3) is 0 Å². The monoisotopic (exact) mass is 434 g/mol. The van der Waals surface area contributed by atoms with Crippen molar-refractivity contribution in [1.29, 1.82) is 0 Å². The predicted octanol–water partition coefficient (Wildman–Crippen LogP) is 6.02. The van der Waals surface area contributed by atoms with Gasteiger partial charge >= 0.3 is 0 Å². The van der Waals surface area contributed by atoms with Gasteiger partial charge < -0.3 is 10.3 Å². The Kier molecular flexibility index (Phi) is 6.30. The first-order chi connectivity index (χ1) is 14.6. The molecule has 0 saturated heterocycles. The van der Waals surface area contributed by atoms with Gasteiger partial charge in [-0.2, -0.15) is 0 Å². The van der Waals surface area contributed by atoms with Crippen molar-refractivity contribution in [3.05, 3.63) is 71.7 Å². The minimum atomic E-state index is -0.271. The molecule has 7 heteroatoms. The highest BCUT2D eigenvalue weighted by Gasteiger charge is 2.22. The van der Waals surface area contributed by atoms with Crippen LogP contribution in [-0.2, 0) is 4.79 Å². The number of aromatic amines is 1. The number of carbonyl (C=O) groups excluding carboxylic acids is 1. The van der Waals surface area contributed by atoms with Crippen LogP contribution in [0.4, 0.5) is 5.13 Å². The number of imidazole rings is 1. The first-order valence-corrected chi connectivity index (χ1v) is 11.5. The van der Waals surface area contributed by atoms with E-state index in [0.29, 0.717) is 11.6 Å². The van der Waals surface area contributed by atoms with Crippen molar-refractivity contribution < 1.29 is 4.79 Å². The molecule has 0 spiro atoms. The fourth-order valence-electron chi connectivity index (χ4n) is 3.08. The van der Waals surface area contributed by atoms with Crippen molar-refractivity contribution in [1.82, 2.24) is 15.0 Å². The largest absolute Gasteiger partial charge is 0.332 e. The number of thioether (sulfide) groups is 1. The van der Waals surface area contributed by atoms with Crippen molar-refractivity contribution in [3.63, 3.8) is 0 Å². The molecule has 0 aliphatic heterocycles. The third kappa shape index (κ3) is 4.63. The summed E-state index contributed by atoms with van der Waals surface area (Å²) < 4.78 is 0. The molecule has 5 nitrogen and oxygen atoms in total. The lowest BCUT2D eigenvalue weighted by Gasteiger charge is -2.11. The normalized spacial score (nSPS) is 11.9. The topological polar surface area (TPSA) is 70.7 Å². The second-order valence-electron chi connectivity index (χ2n) is 6.80. The maximum Gasteiger partial charge on any atom is 0.239 e. The average Bonchev–Trinajstić information content (AvgIpc) is 3.39. The third-order valence-corrected chi connectivity index (χ3v) is 6.68. The standard InChI is InChI=1S/C23H22N4OS2/c1-3-18(21(28)27-22-24-15(2)14-29-22)30-23-25-19(16-10-6-4-7-11-16)20(26-23)17-12-8-5-9-13-17/h4-14,18H,3H2,1-2H3,(H,25,26)(H,24,27,28). The number of hydrogen-bond acceptors (Lipinski definition) is 5. The van der Waals surface area contributed by atoms with E-state index in [1.807, 2.05) is 67.8 Å². The number of anilines is 1.